The molecule has 1 aromatic rings. The molecule has 1 unspecified atom stereocenters. The van der Waals surface area contributed by atoms with Crippen LogP contribution in [0, 0.1) is 15.9 Å². The SMILES string of the molecule is CC(c1cccc(F)c1)[N+](=O)[O-]. The van der Waals surface area contributed by atoms with Crippen LogP contribution in [0.15, 0.2) is 24.3 Å². The van der Waals surface area contributed by atoms with E-state index in [9.17, 15) is 14.5 Å². The van der Waals surface area contributed by atoms with E-state index in [4.69, 9.17) is 0 Å². The third-order valence-corrected chi connectivity index (χ3v) is 1.65. The van der Waals surface area contributed by atoms with E-state index < -0.39 is 16.8 Å². The molecule has 1 rings (SSSR count). The molecule has 0 aliphatic heterocycles. The second-order valence-electron chi connectivity index (χ2n) is 2.52. The molecule has 0 saturated heterocycles. The van der Waals surface area contributed by atoms with Crippen LogP contribution in [0.1, 0.15) is 18.5 Å². The number of hydrogen-bond donors (Lipinski definition) is 0. The Morgan fingerprint density at radius 1 is 1.58 bits per heavy atom. The minimum Gasteiger partial charge on any atom is -0.264 e. The third-order valence-electron chi connectivity index (χ3n) is 1.65. The second-order valence-corrected chi connectivity index (χ2v) is 2.52. The molecular formula is C8H8FNO2. The highest BCUT2D eigenvalue weighted by molar-refractivity contribution is 5.17. The number of nitrogens with zero attached hydrogens (tertiary/aromatic N) is 1. The first-order valence-electron chi connectivity index (χ1n) is 3.50. The number of rotatable bonds is 2. The first-order valence-corrected chi connectivity index (χ1v) is 3.50. The van der Waals surface area contributed by atoms with Crippen LogP contribution in [0.3, 0.4) is 0 Å². The minimum atomic E-state index is -0.847. The number of nitro groups is 1. The van der Waals surface area contributed by atoms with Gasteiger partial charge in [0.15, 0.2) is 0 Å². The Hall–Kier alpha value is -1.45. The van der Waals surface area contributed by atoms with Crippen molar-refractivity contribution < 1.29 is 9.31 Å². The predicted octanol–water partition coefficient (Wildman–Crippen LogP) is 2.16. The van der Waals surface area contributed by atoms with Crippen LogP contribution in [0.25, 0.3) is 0 Å². The summed E-state index contributed by atoms with van der Waals surface area (Å²) in [6.07, 6.45) is 0. The molecule has 0 bridgehead atoms. The number of benzene rings is 1. The Balaban J connectivity index is 2.95. The minimum absolute atomic E-state index is 0.389. The Bertz CT molecular complexity index is 301. The van der Waals surface area contributed by atoms with Crippen molar-refractivity contribution in [2.75, 3.05) is 0 Å². The lowest BCUT2D eigenvalue weighted by atomic mass is 10.1. The molecule has 0 heterocycles. The average molecular weight is 169 g/mol. The van der Waals surface area contributed by atoms with Crippen LogP contribution in [0.5, 0.6) is 0 Å². The van der Waals surface area contributed by atoms with Crippen LogP contribution in [0.2, 0.25) is 0 Å². The van der Waals surface area contributed by atoms with Gasteiger partial charge in [-0.15, -0.1) is 0 Å². The van der Waals surface area contributed by atoms with Crippen LogP contribution in [-0.2, 0) is 0 Å². The zero-order valence-corrected chi connectivity index (χ0v) is 6.53. The molecule has 64 valence electrons. The Morgan fingerprint density at radius 3 is 2.75 bits per heavy atom. The van der Waals surface area contributed by atoms with Crippen molar-refractivity contribution in [1.29, 1.82) is 0 Å². The fourth-order valence-corrected chi connectivity index (χ4v) is 0.888. The molecule has 0 spiro atoms. The van der Waals surface area contributed by atoms with Gasteiger partial charge in [-0.1, -0.05) is 12.1 Å². The van der Waals surface area contributed by atoms with Crippen LogP contribution < -0.4 is 0 Å². The van der Waals surface area contributed by atoms with E-state index in [0.717, 1.165) is 0 Å². The summed E-state index contributed by atoms with van der Waals surface area (Å²) >= 11 is 0. The van der Waals surface area contributed by atoms with Gasteiger partial charge in [0.1, 0.15) is 5.82 Å². The van der Waals surface area contributed by atoms with Gasteiger partial charge in [-0.2, -0.15) is 0 Å². The van der Waals surface area contributed by atoms with Gasteiger partial charge < -0.3 is 0 Å². The number of hydrogen-bond acceptors (Lipinski definition) is 2. The zero-order valence-electron chi connectivity index (χ0n) is 6.53. The van der Waals surface area contributed by atoms with Crippen LogP contribution in [-0.4, -0.2) is 4.92 Å². The first kappa shape index (κ1) is 8.64. The van der Waals surface area contributed by atoms with Gasteiger partial charge in [0.05, 0.1) is 0 Å². The van der Waals surface area contributed by atoms with Crippen LogP contribution in [0.4, 0.5) is 4.39 Å². The second kappa shape index (κ2) is 3.30. The molecule has 0 radical (unpaired) electrons. The predicted molar refractivity (Wildman–Crippen MR) is 41.8 cm³/mol. The largest absolute Gasteiger partial charge is 0.264 e. The Kier molecular flexibility index (Phi) is 2.38. The summed E-state index contributed by atoms with van der Waals surface area (Å²) in [5, 5.41) is 10.3. The summed E-state index contributed by atoms with van der Waals surface area (Å²) in [6, 6.07) is 4.59. The van der Waals surface area contributed by atoms with Crippen molar-refractivity contribution >= 4 is 0 Å². The smallest absolute Gasteiger partial charge is 0.235 e. The maximum absolute atomic E-state index is 12.6. The van der Waals surface area contributed by atoms with Gasteiger partial charge in [-0.25, -0.2) is 4.39 Å². The molecule has 0 N–H and O–H groups in total. The van der Waals surface area contributed by atoms with E-state index in [2.05, 4.69) is 0 Å². The van der Waals surface area contributed by atoms with Gasteiger partial charge in [0.25, 0.3) is 0 Å². The highest BCUT2D eigenvalue weighted by atomic mass is 19.1. The summed E-state index contributed by atoms with van der Waals surface area (Å²) in [4.78, 5) is 9.84. The number of halogens is 1. The Morgan fingerprint density at radius 2 is 2.25 bits per heavy atom. The van der Waals surface area contributed by atoms with Gasteiger partial charge in [-0.05, 0) is 12.1 Å². The highest BCUT2D eigenvalue weighted by Crippen LogP contribution is 2.15. The van der Waals surface area contributed by atoms with Crippen molar-refractivity contribution in [3.05, 3.63) is 45.8 Å². The average Bonchev–Trinajstić information content (AvgIpc) is 2.03. The third kappa shape index (κ3) is 1.78. The molecule has 0 aromatic heterocycles. The molecule has 1 atom stereocenters. The quantitative estimate of drug-likeness (QED) is 0.503. The van der Waals surface area contributed by atoms with E-state index >= 15 is 0 Å². The maximum atomic E-state index is 12.6. The topological polar surface area (TPSA) is 43.1 Å². The fourth-order valence-electron chi connectivity index (χ4n) is 0.888. The molecule has 0 aliphatic carbocycles. The van der Waals surface area contributed by atoms with E-state index in [-0.39, 0.29) is 0 Å². The van der Waals surface area contributed by atoms with Crippen molar-refractivity contribution in [3.8, 4) is 0 Å². The van der Waals surface area contributed by atoms with Gasteiger partial charge in [0, 0.05) is 17.4 Å². The highest BCUT2D eigenvalue weighted by Gasteiger charge is 2.15. The van der Waals surface area contributed by atoms with Gasteiger partial charge in [0.2, 0.25) is 6.04 Å². The molecule has 1 aromatic carbocycles. The van der Waals surface area contributed by atoms with Crippen molar-refractivity contribution in [3.63, 3.8) is 0 Å². The summed E-state index contributed by atoms with van der Waals surface area (Å²) in [5.41, 5.74) is 0.389. The maximum Gasteiger partial charge on any atom is 0.235 e. The van der Waals surface area contributed by atoms with E-state index in [1.807, 2.05) is 0 Å². The van der Waals surface area contributed by atoms with Gasteiger partial charge in [-0.3, -0.25) is 10.1 Å². The van der Waals surface area contributed by atoms with Crippen molar-refractivity contribution in [1.82, 2.24) is 0 Å². The first-order chi connectivity index (χ1) is 5.61. The monoisotopic (exact) mass is 169 g/mol. The summed E-state index contributed by atoms with van der Waals surface area (Å²) in [7, 11) is 0. The lowest BCUT2D eigenvalue weighted by Gasteiger charge is -2.02. The lowest BCUT2D eigenvalue weighted by Crippen LogP contribution is -2.05. The molecule has 0 amide bonds. The van der Waals surface area contributed by atoms with Gasteiger partial charge >= 0.3 is 0 Å². The van der Waals surface area contributed by atoms with Crippen molar-refractivity contribution in [2.24, 2.45) is 0 Å². The molecule has 4 heteroatoms. The lowest BCUT2D eigenvalue weighted by molar-refractivity contribution is -0.524. The Labute approximate surface area is 69.0 Å². The molecule has 3 nitrogen and oxygen atoms in total. The molecule has 0 aliphatic rings. The summed E-state index contributed by atoms with van der Waals surface area (Å²) in [6.45, 7) is 1.43. The van der Waals surface area contributed by atoms with E-state index in [1.165, 1.54) is 31.2 Å². The summed E-state index contributed by atoms with van der Waals surface area (Å²) in [5.74, 6) is -0.443. The van der Waals surface area contributed by atoms with E-state index in [1.54, 1.807) is 0 Å². The molecule has 0 fully saturated rings. The molecule has 12 heavy (non-hydrogen) atoms. The molecular weight excluding hydrogens is 161 g/mol. The zero-order chi connectivity index (χ0) is 9.14. The fraction of sp³-hybridized carbons (Fsp3) is 0.250. The van der Waals surface area contributed by atoms with Crippen molar-refractivity contribution in [2.45, 2.75) is 13.0 Å². The van der Waals surface area contributed by atoms with Crippen LogP contribution >= 0.6 is 0 Å². The summed E-state index contributed by atoms with van der Waals surface area (Å²) < 4.78 is 12.6. The van der Waals surface area contributed by atoms with E-state index in [0.29, 0.717) is 5.56 Å². The normalized spacial score (nSPS) is 12.5. The molecule has 0 saturated carbocycles. The standard InChI is InChI=1S/C8H8FNO2/c1-6(10(11)12)7-3-2-4-8(9)5-7/h2-6H,1H3.